The quantitative estimate of drug-likeness (QED) is 0.701. The minimum Gasteiger partial charge on any atom is -0.486 e. The molecule has 1 aromatic heterocycles. The summed E-state index contributed by atoms with van der Waals surface area (Å²) < 4.78 is 6.81. The van der Waals surface area contributed by atoms with Gasteiger partial charge in [-0.2, -0.15) is 0 Å². The van der Waals surface area contributed by atoms with E-state index in [0.29, 0.717) is 6.61 Å². The van der Waals surface area contributed by atoms with Crippen LogP contribution in [-0.2, 0) is 6.61 Å². The molecule has 1 heterocycles. The first-order valence-electron chi connectivity index (χ1n) is 5.52. The fraction of sp³-hybridized carbons (Fsp3) is 0.0714. The predicted octanol–water partition coefficient (Wildman–Crippen LogP) is 4.64. The van der Waals surface area contributed by atoms with Gasteiger partial charge in [-0.25, -0.2) is 4.98 Å². The summed E-state index contributed by atoms with van der Waals surface area (Å²) in [4.78, 5) is 4.19. The number of benzene rings is 2. The van der Waals surface area contributed by atoms with Gasteiger partial charge >= 0.3 is 0 Å². The van der Waals surface area contributed by atoms with E-state index in [-0.39, 0.29) is 0 Å². The van der Waals surface area contributed by atoms with Crippen LogP contribution in [0.4, 0.5) is 0 Å². The first kappa shape index (κ1) is 11.7. The molecule has 0 aliphatic rings. The molecule has 0 saturated heterocycles. The molecular formula is C14H10BrNOS. The van der Waals surface area contributed by atoms with Crippen LogP contribution in [0.3, 0.4) is 0 Å². The Balaban J connectivity index is 1.82. The zero-order valence-corrected chi connectivity index (χ0v) is 11.9. The largest absolute Gasteiger partial charge is 0.486 e. The lowest BCUT2D eigenvalue weighted by Crippen LogP contribution is -1.94. The van der Waals surface area contributed by atoms with E-state index >= 15 is 0 Å². The number of hydrogen-bond acceptors (Lipinski definition) is 3. The van der Waals surface area contributed by atoms with Gasteiger partial charge in [0, 0.05) is 16.0 Å². The predicted molar refractivity (Wildman–Crippen MR) is 78.1 cm³/mol. The molecule has 0 fully saturated rings. The lowest BCUT2D eigenvalue weighted by Gasteiger charge is -2.06. The van der Waals surface area contributed by atoms with Gasteiger partial charge in [-0.05, 0) is 35.0 Å². The summed E-state index contributed by atoms with van der Waals surface area (Å²) in [5, 5.41) is 5.32. The van der Waals surface area contributed by atoms with Crippen LogP contribution >= 0.6 is 27.3 Å². The van der Waals surface area contributed by atoms with Crippen molar-refractivity contribution in [2.75, 3.05) is 0 Å². The summed E-state index contributed by atoms with van der Waals surface area (Å²) in [5.74, 6) is 0.875. The molecule has 0 spiro atoms. The second kappa shape index (κ2) is 5.08. The van der Waals surface area contributed by atoms with E-state index in [2.05, 4.69) is 45.2 Å². The molecule has 3 aromatic rings. The highest BCUT2D eigenvalue weighted by Crippen LogP contribution is 2.24. The van der Waals surface area contributed by atoms with Crippen molar-refractivity contribution in [1.82, 2.24) is 4.98 Å². The van der Waals surface area contributed by atoms with Gasteiger partial charge in [0.05, 0.1) is 0 Å². The van der Waals surface area contributed by atoms with Gasteiger partial charge in [0.2, 0.25) is 0 Å². The number of thiazole rings is 1. The molecule has 18 heavy (non-hydrogen) atoms. The van der Waals surface area contributed by atoms with E-state index in [1.165, 1.54) is 10.8 Å². The number of ether oxygens (including phenoxy) is 1. The number of nitrogens with zero attached hydrogens (tertiary/aromatic N) is 1. The lowest BCUT2D eigenvalue weighted by molar-refractivity contribution is 0.306. The van der Waals surface area contributed by atoms with Gasteiger partial charge in [-0.15, -0.1) is 11.3 Å². The van der Waals surface area contributed by atoms with E-state index in [4.69, 9.17) is 4.74 Å². The third-order valence-electron chi connectivity index (χ3n) is 2.62. The normalized spacial score (nSPS) is 10.7. The molecule has 0 saturated carbocycles. The average Bonchev–Trinajstić information content (AvgIpc) is 2.89. The van der Waals surface area contributed by atoms with Crippen molar-refractivity contribution >= 4 is 38.0 Å². The van der Waals surface area contributed by atoms with Crippen molar-refractivity contribution < 1.29 is 4.74 Å². The molecule has 0 aliphatic carbocycles. The Hall–Kier alpha value is -1.39. The van der Waals surface area contributed by atoms with E-state index in [1.54, 1.807) is 17.5 Å². The van der Waals surface area contributed by atoms with E-state index in [0.717, 1.165) is 15.2 Å². The third kappa shape index (κ3) is 2.54. The van der Waals surface area contributed by atoms with Gasteiger partial charge in [-0.3, -0.25) is 0 Å². The highest BCUT2D eigenvalue weighted by molar-refractivity contribution is 9.10. The molecule has 3 rings (SSSR count). The molecule has 90 valence electrons. The molecule has 2 nitrogen and oxygen atoms in total. The summed E-state index contributed by atoms with van der Waals surface area (Å²) >= 11 is 5.08. The second-order valence-corrected chi connectivity index (χ2v) is 5.76. The van der Waals surface area contributed by atoms with Crippen molar-refractivity contribution in [2.45, 2.75) is 6.61 Å². The van der Waals surface area contributed by atoms with E-state index in [9.17, 15) is 0 Å². The van der Waals surface area contributed by atoms with Crippen molar-refractivity contribution in [2.24, 2.45) is 0 Å². The summed E-state index contributed by atoms with van der Waals surface area (Å²) in [5.41, 5.74) is 0. The topological polar surface area (TPSA) is 22.1 Å². The van der Waals surface area contributed by atoms with Crippen LogP contribution in [0, 0.1) is 0 Å². The van der Waals surface area contributed by atoms with E-state index in [1.807, 2.05) is 17.5 Å². The van der Waals surface area contributed by atoms with Gasteiger partial charge in [0.25, 0.3) is 0 Å². The molecule has 0 aliphatic heterocycles. The molecule has 0 bridgehead atoms. The first-order chi connectivity index (χ1) is 8.81. The van der Waals surface area contributed by atoms with Gasteiger partial charge in [0.15, 0.2) is 0 Å². The Morgan fingerprint density at radius 2 is 1.94 bits per heavy atom. The molecule has 4 heteroatoms. The number of hydrogen-bond donors (Lipinski definition) is 0. The lowest BCUT2D eigenvalue weighted by atomic mass is 10.1. The number of rotatable bonds is 3. The monoisotopic (exact) mass is 319 g/mol. The Morgan fingerprint density at radius 1 is 1.11 bits per heavy atom. The maximum Gasteiger partial charge on any atom is 0.140 e. The number of fused-ring (bicyclic) bond motifs is 1. The molecule has 0 amide bonds. The maximum atomic E-state index is 5.72. The van der Waals surface area contributed by atoms with Crippen molar-refractivity contribution in [3.05, 3.63) is 57.5 Å². The molecule has 0 atom stereocenters. The minimum absolute atomic E-state index is 0.527. The van der Waals surface area contributed by atoms with Crippen LogP contribution in [0.15, 0.2) is 52.4 Å². The minimum atomic E-state index is 0.527. The Morgan fingerprint density at radius 3 is 2.78 bits per heavy atom. The van der Waals surface area contributed by atoms with Crippen LogP contribution in [0.2, 0.25) is 0 Å². The zero-order valence-electron chi connectivity index (χ0n) is 9.47. The Kier molecular flexibility index (Phi) is 3.30. The van der Waals surface area contributed by atoms with Crippen LogP contribution in [-0.4, -0.2) is 4.98 Å². The van der Waals surface area contributed by atoms with Gasteiger partial charge < -0.3 is 4.74 Å². The number of aromatic nitrogens is 1. The highest BCUT2D eigenvalue weighted by Gasteiger charge is 2.00. The third-order valence-corrected chi connectivity index (χ3v) is 3.87. The van der Waals surface area contributed by atoms with Crippen LogP contribution in [0.1, 0.15) is 5.01 Å². The molecule has 0 radical (unpaired) electrons. The summed E-state index contributed by atoms with van der Waals surface area (Å²) in [7, 11) is 0. The smallest absolute Gasteiger partial charge is 0.140 e. The summed E-state index contributed by atoms with van der Waals surface area (Å²) in [6.07, 6.45) is 1.79. The summed E-state index contributed by atoms with van der Waals surface area (Å²) in [6.45, 7) is 0.527. The Labute approximate surface area is 117 Å². The van der Waals surface area contributed by atoms with Crippen molar-refractivity contribution in [3.63, 3.8) is 0 Å². The number of halogens is 1. The summed E-state index contributed by atoms with van der Waals surface area (Å²) in [6, 6.07) is 12.3. The van der Waals surface area contributed by atoms with Gasteiger partial charge in [-0.1, -0.05) is 28.1 Å². The van der Waals surface area contributed by atoms with Crippen molar-refractivity contribution in [1.29, 1.82) is 0 Å². The fourth-order valence-corrected chi connectivity index (χ4v) is 2.66. The second-order valence-electron chi connectivity index (χ2n) is 3.87. The van der Waals surface area contributed by atoms with Crippen molar-refractivity contribution in [3.8, 4) is 5.75 Å². The maximum absolute atomic E-state index is 5.72. The standard InChI is InChI=1S/C14H10BrNOS/c15-12-3-1-11-8-13(4-2-10(11)7-12)17-9-14-16-5-6-18-14/h1-8H,9H2. The van der Waals surface area contributed by atoms with Crippen LogP contribution in [0.5, 0.6) is 5.75 Å². The highest BCUT2D eigenvalue weighted by atomic mass is 79.9. The van der Waals surface area contributed by atoms with Crippen LogP contribution in [0.25, 0.3) is 10.8 Å². The SMILES string of the molecule is Brc1ccc2cc(OCc3nccs3)ccc2c1. The van der Waals surface area contributed by atoms with Crippen LogP contribution < -0.4 is 4.74 Å². The Bertz CT molecular complexity index is 667. The first-order valence-corrected chi connectivity index (χ1v) is 7.19. The fourth-order valence-electron chi connectivity index (χ4n) is 1.75. The molecular weight excluding hydrogens is 310 g/mol. The average molecular weight is 320 g/mol. The molecule has 0 unspecified atom stereocenters. The zero-order chi connectivity index (χ0) is 12.4. The van der Waals surface area contributed by atoms with E-state index < -0.39 is 0 Å². The molecule has 2 aromatic carbocycles. The molecule has 0 N–H and O–H groups in total. The van der Waals surface area contributed by atoms with Gasteiger partial charge in [0.1, 0.15) is 17.4 Å².